The third-order valence-electron chi connectivity index (χ3n) is 4.84. The van der Waals surface area contributed by atoms with Crippen molar-refractivity contribution in [3.63, 3.8) is 0 Å². The quantitative estimate of drug-likeness (QED) is 0.638. The molecule has 0 saturated heterocycles. The molecule has 0 radical (unpaired) electrons. The summed E-state index contributed by atoms with van der Waals surface area (Å²) in [6.45, 7) is 2.19. The Hall–Kier alpha value is -0.780. The van der Waals surface area contributed by atoms with Crippen molar-refractivity contribution >= 4 is 35.0 Å². The third-order valence-corrected chi connectivity index (χ3v) is 6.04. The zero-order valence-electron chi connectivity index (χ0n) is 14.0. The van der Waals surface area contributed by atoms with E-state index < -0.39 is 0 Å². The Morgan fingerprint density at radius 1 is 1.17 bits per heavy atom. The van der Waals surface area contributed by atoms with Crippen LogP contribution in [0.15, 0.2) is 42.5 Å². The van der Waals surface area contributed by atoms with Gasteiger partial charge in [0, 0.05) is 13.1 Å². The van der Waals surface area contributed by atoms with E-state index in [9.17, 15) is 5.11 Å². The van der Waals surface area contributed by atoms with Gasteiger partial charge >= 0.3 is 0 Å². The largest absolute Gasteiger partial charge is 0.507 e. The van der Waals surface area contributed by atoms with Gasteiger partial charge < -0.3 is 10.0 Å². The highest BCUT2D eigenvalue weighted by Crippen LogP contribution is 2.37. The smallest absolute Gasteiger partial charge is 0.129 e. The Morgan fingerprint density at radius 3 is 2.67 bits per heavy atom. The highest BCUT2D eigenvalue weighted by atomic mass is 127. The van der Waals surface area contributed by atoms with Crippen LogP contribution in [0.3, 0.4) is 0 Å². The van der Waals surface area contributed by atoms with Crippen LogP contribution < -0.4 is 0 Å². The molecule has 0 amide bonds. The maximum Gasteiger partial charge on any atom is 0.129 e. The Kier molecular flexibility index (Phi) is 7.38. The molecule has 2 aromatic carbocycles. The van der Waals surface area contributed by atoms with Crippen LogP contribution in [0.5, 0.6) is 5.75 Å². The number of likely N-dealkylation sites (N-methyl/N-ethyl adjacent to an activating group) is 1. The SMILES string of the molecule is CN(CCc1ccccc1)CC1CCCc2c1ccc(O)c2I.Cl. The molecule has 0 saturated carbocycles. The highest BCUT2D eigenvalue weighted by molar-refractivity contribution is 14.1. The molecule has 0 spiro atoms. The summed E-state index contributed by atoms with van der Waals surface area (Å²) >= 11 is 2.29. The summed E-state index contributed by atoms with van der Waals surface area (Å²) < 4.78 is 1.05. The fourth-order valence-electron chi connectivity index (χ4n) is 3.56. The second kappa shape index (κ2) is 9.07. The van der Waals surface area contributed by atoms with Gasteiger partial charge in [-0.1, -0.05) is 36.4 Å². The summed E-state index contributed by atoms with van der Waals surface area (Å²) in [5, 5.41) is 9.94. The Bertz CT molecular complexity index is 662. The first-order valence-electron chi connectivity index (χ1n) is 8.38. The standard InChI is InChI=1S/C20H24INO.ClH/c1-22(13-12-15-6-3-2-4-7-15)14-16-8-5-9-18-17(16)10-11-19(23)20(18)21;/h2-4,6-7,10-11,16,23H,5,8-9,12-14H2,1H3;1H. The lowest BCUT2D eigenvalue weighted by Crippen LogP contribution is -2.28. The van der Waals surface area contributed by atoms with Gasteiger partial charge in [-0.2, -0.15) is 0 Å². The number of hydrogen-bond donors (Lipinski definition) is 1. The Labute approximate surface area is 164 Å². The molecule has 0 fully saturated rings. The van der Waals surface area contributed by atoms with E-state index in [1.807, 2.05) is 6.07 Å². The van der Waals surface area contributed by atoms with Crippen molar-refractivity contribution in [2.45, 2.75) is 31.6 Å². The molecule has 0 aliphatic heterocycles. The predicted octanol–water partition coefficient (Wildman–Crippen LogP) is 5.01. The first-order valence-corrected chi connectivity index (χ1v) is 9.45. The van der Waals surface area contributed by atoms with E-state index >= 15 is 0 Å². The lowest BCUT2D eigenvalue weighted by Gasteiger charge is -2.30. The molecule has 130 valence electrons. The normalized spacial score (nSPS) is 16.5. The first kappa shape index (κ1) is 19.5. The molecule has 1 unspecified atom stereocenters. The fourth-order valence-corrected chi connectivity index (χ4v) is 4.32. The second-order valence-corrected chi connectivity index (χ2v) is 7.63. The van der Waals surface area contributed by atoms with Crippen molar-refractivity contribution in [1.82, 2.24) is 4.90 Å². The first-order chi connectivity index (χ1) is 11.1. The number of benzene rings is 2. The number of phenolic OH excluding ortho intramolecular Hbond substituents is 1. The summed E-state index contributed by atoms with van der Waals surface area (Å²) in [6, 6.07) is 14.7. The van der Waals surface area contributed by atoms with Crippen LogP contribution in [0.4, 0.5) is 0 Å². The molecule has 3 rings (SSSR count). The summed E-state index contributed by atoms with van der Waals surface area (Å²) in [6.07, 6.45) is 4.68. The molecular formula is C20H25ClINO. The predicted molar refractivity (Wildman–Crippen MR) is 111 cm³/mol. The van der Waals surface area contributed by atoms with Gasteiger partial charge in [-0.3, -0.25) is 0 Å². The monoisotopic (exact) mass is 457 g/mol. The van der Waals surface area contributed by atoms with E-state index in [0.29, 0.717) is 11.7 Å². The van der Waals surface area contributed by atoms with Gasteiger partial charge in [0.1, 0.15) is 5.75 Å². The summed E-state index contributed by atoms with van der Waals surface area (Å²) in [5.74, 6) is 1.02. The van der Waals surface area contributed by atoms with Gasteiger partial charge in [0.05, 0.1) is 3.57 Å². The minimum atomic E-state index is 0. The van der Waals surface area contributed by atoms with Gasteiger partial charge in [0.15, 0.2) is 0 Å². The number of hydrogen-bond acceptors (Lipinski definition) is 2. The van der Waals surface area contributed by atoms with Gasteiger partial charge in [0.2, 0.25) is 0 Å². The average molecular weight is 458 g/mol. The van der Waals surface area contributed by atoms with Crippen molar-refractivity contribution in [2.24, 2.45) is 0 Å². The molecule has 1 N–H and O–H groups in total. The number of halogens is 2. The minimum absolute atomic E-state index is 0. The van der Waals surface area contributed by atoms with E-state index in [4.69, 9.17) is 0 Å². The van der Waals surface area contributed by atoms with Crippen LogP contribution in [-0.2, 0) is 12.8 Å². The number of fused-ring (bicyclic) bond motifs is 1. The number of rotatable bonds is 5. The van der Waals surface area contributed by atoms with Crippen LogP contribution >= 0.6 is 35.0 Å². The molecule has 24 heavy (non-hydrogen) atoms. The van der Waals surface area contributed by atoms with Crippen LogP contribution in [0.25, 0.3) is 0 Å². The van der Waals surface area contributed by atoms with E-state index in [1.165, 1.54) is 29.5 Å². The average Bonchev–Trinajstić information content (AvgIpc) is 2.58. The van der Waals surface area contributed by atoms with Gasteiger partial charge in [-0.15, -0.1) is 12.4 Å². The summed E-state index contributed by atoms with van der Waals surface area (Å²) in [7, 11) is 2.22. The molecule has 0 heterocycles. The molecule has 4 heteroatoms. The van der Waals surface area contributed by atoms with Crippen LogP contribution in [0.1, 0.15) is 35.4 Å². The van der Waals surface area contributed by atoms with E-state index in [0.717, 1.165) is 29.5 Å². The number of nitrogens with zero attached hydrogens (tertiary/aromatic N) is 1. The van der Waals surface area contributed by atoms with Gasteiger partial charge in [-0.05, 0) is 84.0 Å². The zero-order valence-corrected chi connectivity index (χ0v) is 17.0. The highest BCUT2D eigenvalue weighted by Gasteiger charge is 2.24. The van der Waals surface area contributed by atoms with Crippen LogP contribution in [0.2, 0.25) is 0 Å². The van der Waals surface area contributed by atoms with Crippen molar-refractivity contribution in [1.29, 1.82) is 0 Å². The molecular weight excluding hydrogens is 433 g/mol. The van der Waals surface area contributed by atoms with E-state index in [2.05, 4.69) is 70.9 Å². The molecule has 2 aromatic rings. The molecule has 1 aliphatic rings. The molecule has 1 aliphatic carbocycles. The minimum Gasteiger partial charge on any atom is -0.507 e. The summed E-state index contributed by atoms with van der Waals surface area (Å²) in [4.78, 5) is 2.45. The lowest BCUT2D eigenvalue weighted by molar-refractivity contribution is 0.300. The summed E-state index contributed by atoms with van der Waals surface area (Å²) in [5.41, 5.74) is 4.23. The van der Waals surface area contributed by atoms with Crippen molar-refractivity contribution in [3.05, 3.63) is 62.7 Å². The molecule has 0 bridgehead atoms. The topological polar surface area (TPSA) is 23.5 Å². The maximum absolute atomic E-state index is 9.94. The Morgan fingerprint density at radius 2 is 1.92 bits per heavy atom. The van der Waals surface area contributed by atoms with Crippen LogP contribution in [-0.4, -0.2) is 30.1 Å². The zero-order chi connectivity index (χ0) is 16.2. The number of phenols is 1. The maximum atomic E-state index is 9.94. The number of aromatic hydroxyl groups is 1. The van der Waals surface area contributed by atoms with Crippen molar-refractivity contribution < 1.29 is 5.11 Å². The van der Waals surface area contributed by atoms with Gasteiger partial charge in [0.25, 0.3) is 0 Å². The molecule has 1 atom stereocenters. The molecule has 0 aromatic heterocycles. The third kappa shape index (κ3) is 4.64. The van der Waals surface area contributed by atoms with Crippen LogP contribution in [0, 0.1) is 3.57 Å². The van der Waals surface area contributed by atoms with E-state index in [-0.39, 0.29) is 12.4 Å². The van der Waals surface area contributed by atoms with E-state index in [1.54, 1.807) is 0 Å². The second-order valence-electron chi connectivity index (χ2n) is 6.55. The molecule has 2 nitrogen and oxygen atoms in total. The lowest BCUT2D eigenvalue weighted by atomic mass is 9.82. The van der Waals surface area contributed by atoms with Crippen molar-refractivity contribution in [3.8, 4) is 5.75 Å². The van der Waals surface area contributed by atoms with Crippen molar-refractivity contribution in [2.75, 3.05) is 20.1 Å². The van der Waals surface area contributed by atoms with Gasteiger partial charge in [-0.25, -0.2) is 0 Å². The Balaban J connectivity index is 0.00000208. The fraction of sp³-hybridized carbons (Fsp3) is 0.400.